The summed E-state index contributed by atoms with van der Waals surface area (Å²) in [4.78, 5) is 13.2. The van der Waals surface area contributed by atoms with Crippen LogP contribution in [0, 0.1) is 3.82 Å². The molecule has 0 spiro atoms. The first kappa shape index (κ1) is 21.5. The zero-order valence-electron chi connectivity index (χ0n) is 16.1. The molecule has 1 heterocycles. The maximum Gasteiger partial charge on any atom is 0.224 e. The minimum atomic E-state index is 0.00828. The standard InChI is InChI=1S/C22H24N2O2S3/c23-18-7-4-5-8-19(18)24-21(25)9-3-1-2-6-14-26-17-12-10-16(11-13-17)20-15-22(27)29-28-20/h4-5,7-8,10-13,15H,1-3,6,9,14,23H2,(H,24,25). The summed E-state index contributed by atoms with van der Waals surface area (Å²) >= 11 is 5.19. The van der Waals surface area contributed by atoms with E-state index in [9.17, 15) is 4.79 Å². The van der Waals surface area contributed by atoms with E-state index in [1.54, 1.807) is 26.7 Å². The molecule has 3 N–H and O–H groups in total. The zero-order chi connectivity index (χ0) is 20.5. The van der Waals surface area contributed by atoms with Gasteiger partial charge in [0.25, 0.3) is 0 Å². The maximum atomic E-state index is 12.0. The number of ether oxygens (including phenoxy) is 1. The molecule has 0 saturated heterocycles. The van der Waals surface area contributed by atoms with Crippen molar-refractivity contribution in [1.82, 2.24) is 0 Å². The van der Waals surface area contributed by atoms with Crippen molar-refractivity contribution in [3.8, 4) is 16.2 Å². The van der Waals surface area contributed by atoms with E-state index in [4.69, 9.17) is 22.7 Å². The molecule has 0 atom stereocenters. The van der Waals surface area contributed by atoms with Gasteiger partial charge in [0.2, 0.25) is 5.91 Å². The number of hydrogen-bond acceptors (Lipinski definition) is 6. The smallest absolute Gasteiger partial charge is 0.224 e. The number of unbranched alkanes of at least 4 members (excludes halogenated alkanes) is 3. The van der Waals surface area contributed by atoms with Crippen LogP contribution in [0.15, 0.2) is 54.6 Å². The number of rotatable bonds is 10. The van der Waals surface area contributed by atoms with Crippen LogP contribution >= 0.6 is 32.9 Å². The van der Waals surface area contributed by atoms with Crippen LogP contribution in [0.25, 0.3) is 10.4 Å². The Morgan fingerprint density at radius 3 is 2.48 bits per heavy atom. The summed E-state index contributed by atoms with van der Waals surface area (Å²) < 4.78 is 6.74. The van der Waals surface area contributed by atoms with Crippen molar-refractivity contribution in [3.05, 3.63) is 58.4 Å². The third-order valence-corrected chi connectivity index (χ3v) is 7.31. The monoisotopic (exact) mass is 444 g/mol. The van der Waals surface area contributed by atoms with Crippen molar-refractivity contribution in [1.29, 1.82) is 0 Å². The van der Waals surface area contributed by atoms with Gasteiger partial charge < -0.3 is 15.8 Å². The predicted octanol–water partition coefficient (Wildman–Crippen LogP) is 6.76. The average Bonchev–Trinajstić information content (AvgIpc) is 3.16. The molecule has 1 aromatic heterocycles. The molecule has 0 radical (unpaired) electrons. The zero-order valence-corrected chi connectivity index (χ0v) is 18.5. The van der Waals surface area contributed by atoms with Crippen LogP contribution in [-0.4, -0.2) is 12.5 Å². The Bertz CT molecular complexity index is 980. The third-order valence-electron chi connectivity index (χ3n) is 4.40. The highest BCUT2D eigenvalue weighted by molar-refractivity contribution is 7.80. The summed E-state index contributed by atoms with van der Waals surface area (Å²) in [5.74, 6) is 0.890. The SMILES string of the molecule is Nc1ccccc1NC(=O)CCCCCCOc1ccc(-c2cc(=S)ss2)cc1. The largest absolute Gasteiger partial charge is 0.494 e. The molecule has 0 unspecified atom stereocenters. The molecule has 0 aliphatic heterocycles. The molecule has 0 saturated carbocycles. The Labute approximate surface area is 183 Å². The fourth-order valence-electron chi connectivity index (χ4n) is 2.84. The Balaban J connectivity index is 1.28. The summed E-state index contributed by atoms with van der Waals surface area (Å²) in [6, 6.07) is 17.5. The van der Waals surface area contributed by atoms with E-state index in [1.807, 2.05) is 36.4 Å². The second-order valence-electron chi connectivity index (χ2n) is 6.67. The summed E-state index contributed by atoms with van der Waals surface area (Å²) in [7, 11) is 3.33. The van der Waals surface area contributed by atoms with Crippen molar-refractivity contribution in [2.45, 2.75) is 32.1 Å². The maximum absolute atomic E-state index is 12.0. The van der Waals surface area contributed by atoms with E-state index in [0.717, 1.165) is 35.3 Å². The fourth-order valence-corrected chi connectivity index (χ4v) is 5.25. The lowest BCUT2D eigenvalue weighted by Crippen LogP contribution is -2.12. The lowest BCUT2D eigenvalue weighted by molar-refractivity contribution is -0.116. The van der Waals surface area contributed by atoms with Gasteiger partial charge in [-0.05, 0) is 60.9 Å². The van der Waals surface area contributed by atoms with Crippen LogP contribution in [0.2, 0.25) is 0 Å². The first-order valence-electron chi connectivity index (χ1n) is 9.59. The van der Waals surface area contributed by atoms with E-state index in [-0.39, 0.29) is 5.91 Å². The van der Waals surface area contributed by atoms with Crippen molar-refractivity contribution in [2.24, 2.45) is 0 Å². The Hall–Kier alpha value is -2.22. The van der Waals surface area contributed by atoms with Gasteiger partial charge in [0.1, 0.15) is 9.57 Å². The molecule has 0 bridgehead atoms. The van der Waals surface area contributed by atoms with E-state index in [0.29, 0.717) is 24.4 Å². The lowest BCUT2D eigenvalue weighted by Gasteiger charge is -2.08. The van der Waals surface area contributed by atoms with Crippen LogP contribution in [0.3, 0.4) is 0 Å². The van der Waals surface area contributed by atoms with Gasteiger partial charge >= 0.3 is 0 Å². The molecule has 0 aliphatic rings. The molecule has 152 valence electrons. The molecule has 0 fully saturated rings. The first-order valence-corrected chi connectivity index (χ1v) is 12.2. The van der Waals surface area contributed by atoms with Crippen molar-refractivity contribution in [3.63, 3.8) is 0 Å². The topological polar surface area (TPSA) is 64.3 Å². The number of nitrogen functional groups attached to an aromatic ring is 1. The second-order valence-corrected chi connectivity index (χ2v) is 9.58. The number of amides is 1. The highest BCUT2D eigenvalue weighted by Crippen LogP contribution is 2.30. The van der Waals surface area contributed by atoms with Crippen LogP contribution in [0.4, 0.5) is 11.4 Å². The van der Waals surface area contributed by atoms with E-state index >= 15 is 0 Å². The van der Waals surface area contributed by atoms with Crippen molar-refractivity contribution in [2.75, 3.05) is 17.7 Å². The molecular weight excluding hydrogens is 420 g/mol. The molecule has 4 nitrogen and oxygen atoms in total. The average molecular weight is 445 g/mol. The van der Waals surface area contributed by atoms with Gasteiger partial charge in [0.15, 0.2) is 0 Å². The lowest BCUT2D eigenvalue weighted by atomic mass is 10.1. The third kappa shape index (κ3) is 6.96. The molecular formula is C22H24N2O2S3. The quantitative estimate of drug-likeness (QED) is 0.157. The number of para-hydroxylation sites is 2. The van der Waals surface area contributed by atoms with E-state index < -0.39 is 0 Å². The number of nitrogens with one attached hydrogen (secondary N) is 1. The number of nitrogens with two attached hydrogens (primary N) is 1. The van der Waals surface area contributed by atoms with E-state index in [2.05, 4.69) is 17.4 Å². The Kier molecular flexibility index (Phi) is 8.22. The van der Waals surface area contributed by atoms with E-state index in [1.165, 1.54) is 10.4 Å². The molecule has 1 amide bonds. The fraction of sp³-hybridized carbons (Fsp3) is 0.273. The predicted molar refractivity (Wildman–Crippen MR) is 127 cm³/mol. The number of carbonyl (C=O) groups excluding carboxylic acids is 1. The Morgan fingerprint density at radius 1 is 1.00 bits per heavy atom. The number of carbonyl (C=O) groups is 1. The van der Waals surface area contributed by atoms with Gasteiger partial charge in [-0.3, -0.25) is 4.79 Å². The molecule has 0 aliphatic carbocycles. The van der Waals surface area contributed by atoms with Gasteiger partial charge in [-0.15, -0.1) is 0 Å². The highest BCUT2D eigenvalue weighted by Gasteiger charge is 2.05. The van der Waals surface area contributed by atoms with Crippen molar-refractivity contribution < 1.29 is 9.53 Å². The van der Waals surface area contributed by atoms with Gasteiger partial charge in [0, 0.05) is 11.3 Å². The molecule has 2 aromatic carbocycles. The normalized spacial score (nSPS) is 10.6. The second kappa shape index (κ2) is 11.1. The van der Waals surface area contributed by atoms with Gasteiger partial charge in [-0.25, -0.2) is 0 Å². The Morgan fingerprint density at radius 2 is 1.76 bits per heavy atom. The number of anilines is 2. The van der Waals surface area contributed by atoms with Gasteiger partial charge in [-0.1, -0.05) is 57.9 Å². The molecule has 7 heteroatoms. The number of benzene rings is 2. The summed E-state index contributed by atoms with van der Waals surface area (Å²) in [6.45, 7) is 0.684. The van der Waals surface area contributed by atoms with Crippen molar-refractivity contribution >= 4 is 50.2 Å². The minimum Gasteiger partial charge on any atom is -0.494 e. The van der Waals surface area contributed by atoms with Gasteiger partial charge in [0.05, 0.1) is 18.0 Å². The summed E-state index contributed by atoms with van der Waals surface area (Å²) in [5.41, 5.74) is 8.28. The minimum absolute atomic E-state index is 0.00828. The summed E-state index contributed by atoms with van der Waals surface area (Å²) in [6.07, 6.45) is 4.38. The van der Waals surface area contributed by atoms with Crippen LogP contribution < -0.4 is 15.8 Å². The van der Waals surface area contributed by atoms with Crippen LogP contribution in [-0.2, 0) is 4.79 Å². The van der Waals surface area contributed by atoms with Gasteiger partial charge in [-0.2, -0.15) is 0 Å². The van der Waals surface area contributed by atoms with Crippen LogP contribution in [0.5, 0.6) is 5.75 Å². The number of hydrogen-bond donors (Lipinski definition) is 2. The highest BCUT2D eigenvalue weighted by atomic mass is 32.9. The first-order chi connectivity index (χ1) is 14.1. The molecule has 3 rings (SSSR count). The van der Waals surface area contributed by atoms with Crippen LogP contribution in [0.1, 0.15) is 32.1 Å². The molecule has 3 aromatic rings. The summed E-state index contributed by atoms with van der Waals surface area (Å²) in [5, 5.41) is 2.86. The molecule has 29 heavy (non-hydrogen) atoms.